The number of carbonyl (C=O) groups is 1. The maximum Gasteiger partial charge on any atom is 0.179 e. The fourth-order valence-corrected chi connectivity index (χ4v) is 5.84. The van der Waals surface area contributed by atoms with Gasteiger partial charge >= 0.3 is 0 Å². The molecule has 1 aliphatic rings. The van der Waals surface area contributed by atoms with Crippen molar-refractivity contribution in [3.8, 4) is 11.3 Å². The minimum Gasteiger partial charge on any atom is -0.354 e. The van der Waals surface area contributed by atoms with Crippen LogP contribution in [0.25, 0.3) is 22.2 Å². The topological polar surface area (TPSA) is 70.2 Å². The molecule has 6 heteroatoms. The maximum atomic E-state index is 13.4. The number of carbonyl (C=O) groups excluding carboxylic acids is 1. The summed E-state index contributed by atoms with van der Waals surface area (Å²) >= 11 is 0. The molecule has 5 nitrogen and oxygen atoms in total. The predicted octanol–water partition coefficient (Wildman–Crippen LogP) is 3.53. The second kappa shape index (κ2) is 7.53. The number of para-hydroxylation sites is 1. The number of likely N-dealkylation sites (N-methyl/N-ethyl adjacent to an activating group) is 1. The molecule has 2 aromatic carbocycles. The van der Waals surface area contributed by atoms with E-state index in [1.165, 1.54) is 0 Å². The highest BCUT2D eigenvalue weighted by Gasteiger charge is 2.33. The summed E-state index contributed by atoms with van der Waals surface area (Å²) < 4.78 is 23.7. The van der Waals surface area contributed by atoms with Crippen LogP contribution in [0.15, 0.2) is 54.6 Å². The molecule has 0 saturated carbocycles. The third-order valence-corrected chi connectivity index (χ3v) is 7.28. The molecule has 4 rings (SSSR count). The van der Waals surface area contributed by atoms with Gasteiger partial charge in [-0.05, 0) is 24.6 Å². The summed E-state index contributed by atoms with van der Waals surface area (Å²) in [5.74, 6) is 0.376. The monoisotopic (exact) mass is 396 g/mol. The SMILES string of the molecule is CCN(CC(=O)c1c(-c2ccccc2)[nH]c2ccccc12)[C@H]1CCS(=O)(=O)C1. The number of nitrogens with zero attached hydrogens (tertiary/aromatic N) is 1. The highest BCUT2D eigenvalue weighted by Crippen LogP contribution is 2.31. The largest absolute Gasteiger partial charge is 0.354 e. The van der Waals surface area contributed by atoms with Gasteiger partial charge in [-0.15, -0.1) is 0 Å². The van der Waals surface area contributed by atoms with Crippen LogP contribution in [-0.2, 0) is 9.84 Å². The van der Waals surface area contributed by atoms with Gasteiger partial charge in [-0.3, -0.25) is 9.69 Å². The molecule has 1 N–H and O–H groups in total. The Hall–Kier alpha value is -2.44. The molecule has 1 fully saturated rings. The maximum absolute atomic E-state index is 13.4. The van der Waals surface area contributed by atoms with E-state index in [-0.39, 0.29) is 29.9 Å². The predicted molar refractivity (Wildman–Crippen MR) is 112 cm³/mol. The average Bonchev–Trinajstić information content (AvgIpc) is 3.26. The lowest BCUT2D eigenvalue weighted by molar-refractivity contribution is 0.0909. The van der Waals surface area contributed by atoms with Crippen LogP contribution < -0.4 is 0 Å². The molecule has 1 saturated heterocycles. The van der Waals surface area contributed by atoms with Crippen LogP contribution >= 0.6 is 0 Å². The molecular formula is C22H24N2O3S. The number of benzene rings is 2. The fourth-order valence-electron chi connectivity index (χ4n) is 4.08. The number of hydrogen-bond donors (Lipinski definition) is 1. The summed E-state index contributed by atoms with van der Waals surface area (Å²) in [6, 6.07) is 17.6. The van der Waals surface area contributed by atoms with E-state index in [4.69, 9.17) is 0 Å². The number of H-pyrrole nitrogens is 1. The number of hydrogen-bond acceptors (Lipinski definition) is 4. The molecule has 1 aliphatic heterocycles. The Balaban J connectivity index is 1.70. The van der Waals surface area contributed by atoms with E-state index in [2.05, 4.69) is 4.98 Å². The Morgan fingerprint density at radius 1 is 1.11 bits per heavy atom. The summed E-state index contributed by atoms with van der Waals surface area (Å²) in [4.78, 5) is 18.8. The summed E-state index contributed by atoms with van der Waals surface area (Å²) in [6.45, 7) is 2.85. The second-order valence-corrected chi connectivity index (χ2v) is 9.56. The number of aromatic nitrogens is 1. The van der Waals surface area contributed by atoms with Crippen LogP contribution in [-0.4, -0.2) is 54.7 Å². The van der Waals surface area contributed by atoms with Gasteiger partial charge in [0.05, 0.1) is 29.3 Å². The molecule has 0 radical (unpaired) electrons. The van der Waals surface area contributed by atoms with Gasteiger partial charge in [-0.25, -0.2) is 8.42 Å². The van der Waals surface area contributed by atoms with Crippen LogP contribution in [0.3, 0.4) is 0 Å². The van der Waals surface area contributed by atoms with E-state index < -0.39 is 9.84 Å². The van der Waals surface area contributed by atoms with E-state index >= 15 is 0 Å². The lowest BCUT2D eigenvalue weighted by Crippen LogP contribution is -2.39. The smallest absolute Gasteiger partial charge is 0.179 e. The zero-order chi connectivity index (χ0) is 19.7. The van der Waals surface area contributed by atoms with Gasteiger partial charge in [-0.1, -0.05) is 55.5 Å². The molecule has 0 amide bonds. The van der Waals surface area contributed by atoms with Crippen molar-refractivity contribution in [2.24, 2.45) is 0 Å². The first-order valence-corrected chi connectivity index (χ1v) is 11.4. The third kappa shape index (κ3) is 3.62. The number of rotatable bonds is 6. The molecule has 28 heavy (non-hydrogen) atoms. The zero-order valence-electron chi connectivity index (χ0n) is 15.9. The fraction of sp³-hybridized carbons (Fsp3) is 0.318. The van der Waals surface area contributed by atoms with Crippen molar-refractivity contribution in [3.63, 3.8) is 0 Å². The van der Waals surface area contributed by atoms with Crippen LogP contribution in [0.4, 0.5) is 0 Å². The summed E-state index contributed by atoms with van der Waals surface area (Å²) in [7, 11) is -2.99. The molecule has 1 aromatic heterocycles. The van der Waals surface area contributed by atoms with Crippen molar-refractivity contribution in [2.75, 3.05) is 24.6 Å². The minimum absolute atomic E-state index is 0.0162. The van der Waals surface area contributed by atoms with E-state index in [1.54, 1.807) is 0 Å². The number of nitrogens with one attached hydrogen (secondary N) is 1. The van der Waals surface area contributed by atoms with Crippen LogP contribution in [0, 0.1) is 0 Å². The number of ketones is 1. The standard InChI is InChI=1S/C22H24N2O3S/c1-2-24(17-12-13-28(26,27)15-17)14-20(25)21-18-10-6-7-11-19(18)23-22(21)16-8-4-3-5-9-16/h3-11,17,23H,2,12-15H2,1H3/t17-/m0/s1. The lowest BCUT2D eigenvalue weighted by atomic mass is 10.0. The molecule has 0 aliphatic carbocycles. The van der Waals surface area contributed by atoms with Crippen molar-refractivity contribution in [1.29, 1.82) is 0 Å². The second-order valence-electron chi connectivity index (χ2n) is 7.33. The normalized spacial score (nSPS) is 18.7. The molecular weight excluding hydrogens is 372 g/mol. The Bertz CT molecular complexity index is 1100. The quantitative estimate of drug-likeness (QED) is 0.647. The molecule has 3 aromatic rings. The zero-order valence-corrected chi connectivity index (χ0v) is 16.7. The van der Waals surface area contributed by atoms with Gasteiger partial charge in [-0.2, -0.15) is 0 Å². The number of sulfone groups is 1. The van der Waals surface area contributed by atoms with Crippen LogP contribution in [0.5, 0.6) is 0 Å². The molecule has 146 valence electrons. The van der Waals surface area contributed by atoms with Crippen molar-refractivity contribution >= 4 is 26.5 Å². The van der Waals surface area contributed by atoms with Crippen molar-refractivity contribution in [1.82, 2.24) is 9.88 Å². The van der Waals surface area contributed by atoms with Gasteiger partial charge < -0.3 is 4.98 Å². The Morgan fingerprint density at radius 3 is 2.50 bits per heavy atom. The van der Waals surface area contributed by atoms with Gasteiger partial charge in [0.15, 0.2) is 15.6 Å². The Kier molecular flexibility index (Phi) is 5.08. The summed E-state index contributed by atoms with van der Waals surface area (Å²) in [6.07, 6.45) is 0.600. The van der Waals surface area contributed by atoms with Gasteiger partial charge in [0.25, 0.3) is 0 Å². The van der Waals surface area contributed by atoms with Crippen LogP contribution in [0.2, 0.25) is 0 Å². The first-order chi connectivity index (χ1) is 13.5. The van der Waals surface area contributed by atoms with E-state index in [0.717, 1.165) is 22.2 Å². The van der Waals surface area contributed by atoms with Crippen LogP contribution in [0.1, 0.15) is 23.7 Å². The molecule has 0 unspecified atom stereocenters. The number of Topliss-reactive ketones (excluding diaryl/α,β-unsaturated/α-hetero) is 1. The molecule has 2 heterocycles. The minimum atomic E-state index is -2.99. The molecule has 0 bridgehead atoms. The third-order valence-electron chi connectivity index (χ3n) is 5.53. The van der Waals surface area contributed by atoms with Crippen molar-refractivity contribution in [3.05, 3.63) is 60.2 Å². The van der Waals surface area contributed by atoms with Crippen molar-refractivity contribution in [2.45, 2.75) is 19.4 Å². The van der Waals surface area contributed by atoms with Gasteiger partial charge in [0, 0.05) is 16.9 Å². The van der Waals surface area contributed by atoms with Gasteiger partial charge in [0.1, 0.15) is 0 Å². The summed E-state index contributed by atoms with van der Waals surface area (Å²) in [5.41, 5.74) is 3.40. The van der Waals surface area contributed by atoms with E-state index in [1.807, 2.05) is 66.4 Å². The summed E-state index contributed by atoms with van der Waals surface area (Å²) in [5, 5.41) is 0.904. The highest BCUT2D eigenvalue weighted by atomic mass is 32.2. The average molecular weight is 397 g/mol. The lowest BCUT2D eigenvalue weighted by Gasteiger charge is -2.25. The number of aromatic amines is 1. The molecule has 1 atom stereocenters. The number of fused-ring (bicyclic) bond motifs is 1. The highest BCUT2D eigenvalue weighted by molar-refractivity contribution is 7.91. The molecule has 0 spiro atoms. The first kappa shape index (κ1) is 18.9. The van der Waals surface area contributed by atoms with Gasteiger partial charge in [0.2, 0.25) is 0 Å². The van der Waals surface area contributed by atoms with E-state index in [9.17, 15) is 13.2 Å². The Labute approximate surface area is 165 Å². The van der Waals surface area contributed by atoms with Crippen molar-refractivity contribution < 1.29 is 13.2 Å². The Morgan fingerprint density at radius 2 is 1.82 bits per heavy atom. The van der Waals surface area contributed by atoms with E-state index in [0.29, 0.717) is 18.5 Å². The first-order valence-electron chi connectivity index (χ1n) is 9.62.